The Morgan fingerprint density at radius 3 is 2.44 bits per heavy atom. The fraction of sp³-hybridized carbons (Fsp3) is 0.389. The number of halogens is 3. The topological polar surface area (TPSA) is 62.3 Å². The zero-order chi connectivity index (χ0) is 19.7. The Morgan fingerprint density at radius 2 is 1.85 bits per heavy atom. The van der Waals surface area contributed by atoms with Crippen LogP contribution in [0.2, 0.25) is 0 Å². The summed E-state index contributed by atoms with van der Waals surface area (Å²) in [6.07, 6.45) is -1.43. The summed E-state index contributed by atoms with van der Waals surface area (Å²) in [4.78, 5) is 4.23. The van der Waals surface area contributed by atoms with Crippen LogP contribution in [0.1, 0.15) is 36.9 Å². The van der Waals surface area contributed by atoms with Gasteiger partial charge in [0.05, 0.1) is 5.56 Å². The Kier molecular flexibility index (Phi) is 5.43. The fourth-order valence-electron chi connectivity index (χ4n) is 2.99. The highest BCUT2D eigenvalue weighted by Gasteiger charge is 2.31. The van der Waals surface area contributed by atoms with Crippen LogP contribution in [0, 0.1) is 0 Å². The van der Waals surface area contributed by atoms with Gasteiger partial charge in [-0.15, -0.1) is 0 Å². The molecule has 9 heteroatoms. The number of rotatable bonds is 5. The van der Waals surface area contributed by atoms with Gasteiger partial charge >= 0.3 is 6.18 Å². The second-order valence-electron chi connectivity index (χ2n) is 6.48. The summed E-state index contributed by atoms with van der Waals surface area (Å²) in [7, 11) is -3.54. The summed E-state index contributed by atoms with van der Waals surface area (Å²) < 4.78 is 64.9. The third-order valence-electron chi connectivity index (χ3n) is 4.52. The first-order valence-corrected chi connectivity index (χ1v) is 10.0. The minimum Gasteiger partial charge on any atom is -0.364 e. The molecule has 1 N–H and O–H groups in total. The maximum absolute atomic E-state index is 12.8. The molecule has 2 aromatic rings. The molecule has 1 aromatic heterocycles. The average Bonchev–Trinajstić information content (AvgIpc) is 3.17. The van der Waals surface area contributed by atoms with Crippen molar-refractivity contribution in [3.05, 3.63) is 53.7 Å². The van der Waals surface area contributed by atoms with Gasteiger partial charge in [0.2, 0.25) is 10.0 Å². The van der Waals surface area contributed by atoms with E-state index in [-0.39, 0.29) is 4.90 Å². The number of anilines is 1. The minimum absolute atomic E-state index is 0.113. The van der Waals surface area contributed by atoms with Gasteiger partial charge in [0.1, 0.15) is 10.7 Å². The third kappa shape index (κ3) is 4.41. The van der Waals surface area contributed by atoms with E-state index in [0.29, 0.717) is 24.5 Å². The molecule has 0 spiro atoms. The van der Waals surface area contributed by atoms with Crippen molar-refractivity contribution in [1.82, 2.24) is 9.29 Å². The molecular weight excluding hydrogens is 379 g/mol. The van der Waals surface area contributed by atoms with E-state index in [4.69, 9.17) is 0 Å². The van der Waals surface area contributed by atoms with Crippen molar-refractivity contribution in [3.63, 3.8) is 0 Å². The Balaban J connectivity index is 1.73. The second kappa shape index (κ2) is 7.47. The molecule has 2 heterocycles. The number of aromatic nitrogens is 1. The summed E-state index contributed by atoms with van der Waals surface area (Å²) in [6, 6.07) is 7.61. The lowest BCUT2D eigenvalue weighted by Crippen LogP contribution is -2.27. The number of nitrogens with zero attached hydrogens (tertiary/aromatic N) is 2. The summed E-state index contributed by atoms with van der Waals surface area (Å²) in [6.45, 7) is 2.73. The molecule has 0 radical (unpaired) electrons. The van der Waals surface area contributed by atoms with Gasteiger partial charge in [-0.1, -0.05) is 12.1 Å². The molecular formula is C18H20F3N3O2S. The highest BCUT2D eigenvalue weighted by atomic mass is 32.2. The van der Waals surface area contributed by atoms with E-state index in [1.165, 1.54) is 28.7 Å². The monoisotopic (exact) mass is 399 g/mol. The molecule has 1 saturated heterocycles. The van der Waals surface area contributed by atoms with Crippen LogP contribution in [0.15, 0.2) is 47.5 Å². The van der Waals surface area contributed by atoms with Gasteiger partial charge in [0, 0.05) is 25.3 Å². The van der Waals surface area contributed by atoms with Crippen molar-refractivity contribution in [2.45, 2.75) is 36.9 Å². The van der Waals surface area contributed by atoms with Gasteiger partial charge < -0.3 is 5.32 Å². The Bertz CT molecular complexity index is 893. The number of pyridine rings is 1. The van der Waals surface area contributed by atoms with Crippen LogP contribution in [0.25, 0.3) is 0 Å². The smallest absolute Gasteiger partial charge is 0.364 e. The van der Waals surface area contributed by atoms with Gasteiger partial charge in [-0.3, -0.25) is 0 Å². The van der Waals surface area contributed by atoms with Crippen molar-refractivity contribution in [3.8, 4) is 0 Å². The van der Waals surface area contributed by atoms with Crippen molar-refractivity contribution >= 4 is 15.8 Å². The first-order valence-electron chi connectivity index (χ1n) is 8.58. The molecule has 27 heavy (non-hydrogen) atoms. The number of benzene rings is 1. The molecule has 1 unspecified atom stereocenters. The Morgan fingerprint density at radius 1 is 1.15 bits per heavy atom. The van der Waals surface area contributed by atoms with Crippen molar-refractivity contribution in [2.24, 2.45) is 0 Å². The third-order valence-corrected chi connectivity index (χ3v) is 6.40. The van der Waals surface area contributed by atoms with Gasteiger partial charge in [-0.2, -0.15) is 17.5 Å². The summed E-state index contributed by atoms with van der Waals surface area (Å²) in [5.41, 5.74) is -0.256. The van der Waals surface area contributed by atoms with E-state index >= 15 is 0 Å². The summed E-state index contributed by atoms with van der Waals surface area (Å²) in [5.74, 6) is 0.389. The standard InChI is InChI=1S/C18H20F3N3O2S/c1-13(14-5-4-6-15(11-14)18(19,20)21)23-17-8-7-16(12-22-17)27(25,26)24-9-2-3-10-24/h4-8,11-13H,2-3,9-10H2,1H3,(H,22,23). The first kappa shape index (κ1) is 19.6. The van der Waals surface area contributed by atoms with Crippen LogP contribution >= 0.6 is 0 Å². The van der Waals surface area contributed by atoms with E-state index in [1.54, 1.807) is 13.0 Å². The molecule has 1 aromatic carbocycles. The first-order chi connectivity index (χ1) is 12.7. The zero-order valence-corrected chi connectivity index (χ0v) is 15.5. The SMILES string of the molecule is CC(Nc1ccc(S(=O)(=O)N2CCCC2)cn1)c1cccc(C(F)(F)F)c1. The van der Waals surface area contributed by atoms with Crippen molar-refractivity contribution in [1.29, 1.82) is 0 Å². The van der Waals surface area contributed by atoms with E-state index in [1.807, 2.05) is 0 Å². The minimum atomic E-state index is -4.40. The number of hydrogen-bond acceptors (Lipinski definition) is 4. The maximum atomic E-state index is 12.8. The molecule has 1 fully saturated rings. The molecule has 5 nitrogen and oxygen atoms in total. The molecule has 1 aliphatic rings. The number of hydrogen-bond donors (Lipinski definition) is 1. The molecule has 1 atom stereocenters. The maximum Gasteiger partial charge on any atom is 0.416 e. The number of sulfonamides is 1. The normalized spacial score (nSPS) is 17.0. The Labute approximate surface area is 156 Å². The van der Waals surface area contributed by atoms with Crippen LogP contribution in [-0.2, 0) is 16.2 Å². The molecule has 3 rings (SSSR count). The van der Waals surface area contributed by atoms with Crippen LogP contribution < -0.4 is 5.32 Å². The predicted molar refractivity (Wildman–Crippen MR) is 95.7 cm³/mol. The zero-order valence-electron chi connectivity index (χ0n) is 14.7. The van der Waals surface area contributed by atoms with Crippen LogP contribution in [0.5, 0.6) is 0 Å². The lowest BCUT2D eigenvalue weighted by Gasteiger charge is -2.18. The van der Waals surface area contributed by atoms with E-state index in [0.717, 1.165) is 25.0 Å². The van der Waals surface area contributed by atoms with Gasteiger partial charge in [-0.05, 0) is 49.6 Å². The fourth-order valence-corrected chi connectivity index (χ4v) is 4.45. The number of alkyl halides is 3. The van der Waals surface area contributed by atoms with Crippen molar-refractivity contribution < 1.29 is 21.6 Å². The predicted octanol–water partition coefficient (Wildman–Crippen LogP) is 4.06. The highest BCUT2D eigenvalue weighted by Crippen LogP contribution is 2.31. The quantitative estimate of drug-likeness (QED) is 0.824. The molecule has 1 aliphatic heterocycles. The largest absolute Gasteiger partial charge is 0.416 e. The summed E-state index contributed by atoms with van der Waals surface area (Å²) in [5, 5.41) is 3.00. The average molecular weight is 399 g/mol. The Hall–Kier alpha value is -2.13. The second-order valence-corrected chi connectivity index (χ2v) is 8.42. The van der Waals surface area contributed by atoms with Crippen LogP contribution in [0.4, 0.5) is 19.0 Å². The van der Waals surface area contributed by atoms with Crippen LogP contribution in [0.3, 0.4) is 0 Å². The molecule has 0 aliphatic carbocycles. The van der Waals surface area contributed by atoms with Crippen LogP contribution in [-0.4, -0.2) is 30.8 Å². The molecule has 0 amide bonds. The number of nitrogens with one attached hydrogen (secondary N) is 1. The molecule has 0 saturated carbocycles. The van der Waals surface area contributed by atoms with E-state index in [2.05, 4.69) is 10.3 Å². The van der Waals surface area contributed by atoms with Gasteiger partial charge in [0.15, 0.2) is 0 Å². The lowest BCUT2D eigenvalue weighted by molar-refractivity contribution is -0.137. The van der Waals surface area contributed by atoms with Crippen molar-refractivity contribution in [2.75, 3.05) is 18.4 Å². The van der Waals surface area contributed by atoms with E-state index in [9.17, 15) is 21.6 Å². The lowest BCUT2D eigenvalue weighted by atomic mass is 10.0. The van der Waals surface area contributed by atoms with E-state index < -0.39 is 27.8 Å². The molecule has 0 bridgehead atoms. The van der Waals surface area contributed by atoms with Gasteiger partial charge in [-0.25, -0.2) is 13.4 Å². The summed E-state index contributed by atoms with van der Waals surface area (Å²) >= 11 is 0. The van der Waals surface area contributed by atoms with Gasteiger partial charge in [0.25, 0.3) is 0 Å². The molecule has 146 valence electrons. The highest BCUT2D eigenvalue weighted by molar-refractivity contribution is 7.89.